The molecule has 21 heavy (non-hydrogen) atoms. The molecule has 1 fully saturated rings. The molecule has 4 rings (SSSR count). The van der Waals surface area contributed by atoms with E-state index >= 15 is 0 Å². The molecule has 0 bridgehead atoms. The van der Waals surface area contributed by atoms with Crippen molar-refractivity contribution in [3.05, 3.63) is 64.7 Å². The lowest BCUT2D eigenvalue weighted by Gasteiger charge is -2.08. The van der Waals surface area contributed by atoms with Crippen molar-refractivity contribution >= 4 is 11.5 Å². The van der Waals surface area contributed by atoms with Gasteiger partial charge in [0.25, 0.3) is 0 Å². The van der Waals surface area contributed by atoms with E-state index in [-0.39, 0.29) is 0 Å². The van der Waals surface area contributed by atoms with Crippen LogP contribution < -0.4 is 0 Å². The van der Waals surface area contributed by atoms with Gasteiger partial charge in [-0.25, -0.2) is 9.78 Å². The average Bonchev–Trinajstić information content (AvgIpc) is 3.26. The largest absolute Gasteiger partial charge is 0.478 e. The Morgan fingerprint density at radius 1 is 1.24 bits per heavy atom. The summed E-state index contributed by atoms with van der Waals surface area (Å²) in [6.45, 7) is 0. The van der Waals surface area contributed by atoms with E-state index < -0.39 is 5.97 Å². The van der Waals surface area contributed by atoms with Crippen LogP contribution in [0, 0.1) is 0 Å². The molecule has 1 heterocycles. The number of allylic oxidation sites excluding steroid dienone is 1. The topological polar surface area (TPSA) is 63.1 Å². The van der Waals surface area contributed by atoms with Crippen LogP contribution in [-0.4, -0.2) is 21.0 Å². The molecule has 2 aliphatic rings. The lowest BCUT2D eigenvalue weighted by Crippen LogP contribution is -2.00. The molecule has 0 amide bonds. The number of carboxylic acid groups (broad SMARTS) is 1. The molecule has 2 aromatic rings. The maximum Gasteiger partial charge on any atom is 0.335 e. The lowest BCUT2D eigenvalue weighted by atomic mass is 10.0. The minimum absolute atomic E-state index is 0.313. The number of benzene rings is 1. The summed E-state index contributed by atoms with van der Waals surface area (Å²) >= 11 is 0. The van der Waals surface area contributed by atoms with Crippen molar-refractivity contribution in [1.82, 2.24) is 9.97 Å². The van der Waals surface area contributed by atoms with E-state index in [2.05, 4.69) is 11.1 Å². The maximum absolute atomic E-state index is 11.1. The second-order valence-electron chi connectivity index (χ2n) is 5.60. The zero-order valence-electron chi connectivity index (χ0n) is 11.4. The Morgan fingerprint density at radius 3 is 2.86 bits per heavy atom. The van der Waals surface area contributed by atoms with Gasteiger partial charge < -0.3 is 5.11 Å². The number of nitrogens with zero attached hydrogens (tertiary/aromatic N) is 2. The molecule has 0 atom stereocenters. The molecule has 4 nitrogen and oxygen atoms in total. The zero-order valence-corrected chi connectivity index (χ0v) is 11.4. The van der Waals surface area contributed by atoms with Gasteiger partial charge in [-0.3, -0.25) is 4.98 Å². The molecule has 1 aromatic heterocycles. The first-order valence-electron chi connectivity index (χ1n) is 7.11. The summed E-state index contributed by atoms with van der Waals surface area (Å²) in [6.07, 6.45) is 8.91. The molecule has 1 aromatic carbocycles. The Morgan fingerprint density at radius 2 is 2.10 bits per heavy atom. The Labute approximate surface area is 122 Å². The quantitative estimate of drug-likeness (QED) is 0.937. The van der Waals surface area contributed by atoms with Gasteiger partial charge in [-0.15, -0.1) is 0 Å². The Hall–Kier alpha value is -2.49. The number of rotatable bonds is 3. The molecule has 2 aliphatic carbocycles. The van der Waals surface area contributed by atoms with E-state index in [1.807, 2.05) is 12.3 Å². The van der Waals surface area contributed by atoms with Crippen LogP contribution >= 0.6 is 0 Å². The van der Waals surface area contributed by atoms with Gasteiger partial charge in [0, 0.05) is 17.7 Å². The average molecular weight is 278 g/mol. The van der Waals surface area contributed by atoms with Crippen molar-refractivity contribution < 1.29 is 9.90 Å². The fourth-order valence-electron chi connectivity index (χ4n) is 2.79. The van der Waals surface area contributed by atoms with Crippen molar-refractivity contribution in [3.8, 4) is 0 Å². The number of aromatic carboxylic acids is 1. The van der Waals surface area contributed by atoms with Crippen molar-refractivity contribution in [2.45, 2.75) is 25.2 Å². The molecular formula is C17H14N2O2. The summed E-state index contributed by atoms with van der Waals surface area (Å²) in [5.41, 5.74) is 5.33. The molecule has 0 unspecified atom stereocenters. The predicted molar refractivity (Wildman–Crippen MR) is 78.2 cm³/mol. The number of hydrogen-bond donors (Lipinski definition) is 1. The summed E-state index contributed by atoms with van der Waals surface area (Å²) in [5, 5.41) is 9.15. The standard InChI is InChI=1S/C17H14N2O2/c20-17(21)12-4-1-10-5-6-13(14(10)7-12)16-9-18-8-15(19-16)11-2-3-11/h1,4,6-9,11H,2-3,5H2,(H,20,21). The van der Waals surface area contributed by atoms with Crippen LogP contribution in [0.2, 0.25) is 0 Å². The minimum atomic E-state index is -0.901. The third kappa shape index (κ3) is 2.13. The molecule has 0 radical (unpaired) electrons. The number of carbonyl (C=O) groups is 1. The first-order valence-corrected chi connectivity index (χ1v) is 7.11. The third-order valence-electron chi connectivity index (χ3n) is 4.10. The lowest BCUT2D eigenvalue weighted by molar-refractivity contribution is 0.0697. The van der Waals surface area contributed by atoms with Crippen LogP contribution in [0.4, 0.5) is 0 Å². The van der Waals surface area contributed by atoms with Gasteiger partial charge in [-0.1, -0.05) is 12.1 Å². The van der Waals surface area contributed by atoms with E-state index in [0.29, 0.717) is 11.5 Å². The van der Waals surface area contributed by atoms with Crippen LogP contribution in [0.1, 0.15) is 51.6 Å². The highest BCUT2D eigenvalue weighted by Gasteiger charge is 2.26. The van der Waals surface area contributed by atoms with Crippen molar-refractivity contribution in [3.63, 3.8) is 0 Å². The molecule has 0 saturated heterocycles. The second kappa shape index (κ2) is 4.52. The normalized spacial score (nSPS) is 16.5. The second-order valence-corrected chi connectivity index (χ2v) is 5.60. The van der Waals surface area contributed by atoms with Crippen LogP contribution in [0.25, 0.3) is 5.57 Å². The highest BCUT2D eigenvalue weighted by Crippen LogP contribution is 2.39. The van der Waals surface area contributed by atoms with E-state index in [0.717, 1.165) is 34.5 Å². The molecule has 0 aliphatic heterocycles. The Bertz CT molecular complexity index is 776. The molecular weight excluding hydrogens is 264 g/mol. The minimum Gasteiger partial charge on any atom is -0.478 e. The predicted octanol–water partition coefficient (Wildman–Crippen LogP) is 3.04. The molecule has 1 N–H and O–H groups in total. The van der Waals surface area contributed by atoms with E-state index in [9.17, 15) is 4.79 Å². The van der Waals surface area contributed by atoms with Crippen molar-refractivity contribution in [2.75, 3.05) is 0 Å². The van der Waals surface area contributed by atoms with Gasteiger partial charge in [-0.05, 0) is 42.5 Å². The molecule has 4 heteroatoms. The summed E-state index contributed by atoms with van der Waals surface area (Å²) in [4.78, 5) is 20.2. The smallest absolute Gasteiger partial charge is 0.335 e. The summed E-state index contributed by atoms with van der Waals surface area (Å²) in [6, 6.07) is 5.28. The zero-order chi connectivity index (χ0) is 14.4. The first-order chi connectivity index (χ1) is 10.2. The van der Waals surface area contributed by atoms with Crippen molar-refractivity contribution in [1.29, 1.82) is 0 Å². The van der Waals surface area contributed by atoms with E-state index in [1.54, 1.807) is 18.3 Å². The van der Waals surface area contributed by atoms with Gasteiger partial charge in [0.15, 0.2) is 0 Å². The number of aromatic nitrogens is 2. The highest BCUT2D eigenvalue weighted by atomic mass is 16.4. The van der Waals surface area contributed by atoms with Gasteiger partial charge in [0.05, 0.1) is 23.1 Å². The van der Waals surface area contributed by atoms with Crippen molar-refractivity contribution in [2.24, 2.45) is 0 Å². The van der Waals surface area contributed by atoms with Crippen LogP contribution in [-0.2, 0) is 6.42 Å². The number of fused-ring (bicyclic) bond motifs is 1. The van der Waals surface area contributed by atoms with Gasteiger partial charge in [0.2, 0.25) is 0 Å². The van der Waals surface area contributed by atoms with Crippen LogP contribution in [0.3, 0.4) is 0 Å². The highest BCUT2D eigenvalue weighted by molar-refractivity contribution is 5.91. The van der Waals surface area contributed by atoms with Gasteiger partial charge in [0.1, 0.15) is 0 Å². The summed E-state index contributed by atoms with van der Waals surface area (Å²) in [7, 11) is 0. The molecule has 0 spiro atoms. The maximum atomic E-state index is 11.1. The SMILES string of the molecule is O=C(O)c1ccc2c(c1)C(c1cncc(C3CC3)n1)=CC2. The van der Waals surface area contributed by atoms with Crippen LogP contribution in [0.15, 0.2) is 36.7 Å². The molecule has 104 valence electrons. The fraction of sp³-hybridized carbons (Fsp3) is 0.235. The fourth-order valence-corrected chi connectivity index (χ4v) is 2.79. The van der Waals surface area contributed by atoms with Gasteiger partial charge >= 0.3 is 5.97 Å². The number of hydrogen-bond acceptors (Lipinski definition) is 3. The Kier molecular flexibility index (Phi) is 2.64. The Balaban J connectivity index is 1.77. The first kappa shape index (κ1) is 12.3. The number of carboxylic acids is 1. The van der Waals surface area contributed by atoms with E-state index in [4.69, 9.17) is 10.1 Å². The van der Waals surface area contributed by atoms with E-state index in [1.165, 1.54) is 12.8 Å². The third-order valence-corrected chi connectivity index (χ3v) is 4.10. The monoisotopic (exact) mass is 278 g/mol. The van der Waals surface area contributed by atoms with Crippen LogP contribution in [0.5, 0.6) is 0 Å². The summed E-state index contributed by atoms with van der Waals surface area (Å²) in [5.74, 6) is -0.342. The molecule has 1 saturated carbocycles. The van der Waals surface area contributed by atoms with Gasteiger partial charge in [-0.2, -0.15) is 0 Å². The summed E-state index contributed by atoms with van der Waals surface area (Å²) < 4.78 is 0.